The van der Waals surface area contributed by atoms with Crippen molar-refractivity contribution < 1.29 is 9.18 Å². The van der Waals surface area contributed by atoms with Gasteiger partial charge in [-0.3, -0.25) is 4.79 Å². The average Bonchev–Trinajstić information content (AvgIpc) is 3.19. The Hall–Kier alpha value is -3.41. The lowest BCUT2D eigenvalue weighted by molar-refractivity contribution is -0.116. The molecule has 0 aliphatic heterocycles. The van der Waals surface area contributed by atoms with E-state index in [0.29, 0.717) is 28.6 Å². The fourth-order valence-electron chi connectivity index (χ4n) is 4.14. The molecule has 0 spiro atoms. The molecule has 2 heterocycles. The van der Waals surface area contributed by atoms with Crippen molar-refractivity contribution in [1.82, 2.24) is 9.97 Å². The molecule has 0 unspecified atom stereocenters. The summed E-state index contributed by atoms with van der Waals surface area (Å²) < 4.78 is 14.1. The highest BCUT2D eigenvalue weighted by Gasteiger charge is 2.16. The molecule has 7 heteroatoms. The van der Waals surface area contributed by atoms with Gasteiger partial charge in [0.1, 0.15) is 5.82 Å². The van der Waals surface area contributed by atoms with Gasteiger partial charge in [0.2, 0.25) is 5.91 Å². The molecule has 5 aromatic rings. The minimum Gasteiger partial charge on any atom is -0.353 e. The Kier molecular flexibility index (Phi) is 6.22. The van der Waals surface area contributed by atoms with Crippen molar-refractivity contribution in [3.05, 3.63) is 94.2 Å². The van der Waals surface area contributed by atoms with Crippen LogP contribution in [0.3, 0.4) is 0 Å². The van der Waals surface area contributed by atoms with Crippen molar-refractivity contribution in [2.45, 2.75) is 19.3 Å². The zero-order valence-corrected chi connectivity index (χ0v) is 19.6. The maximum Gasteiger partial charge on any atom is 0.224 e. The van der Waals surface area contributed by atoms with Crippen molar-refractivity contribution in [2.75, 3.05) is 5.32 Å². The molecule has 1 amide bonds. The summed E-state index contributed by atoms with van der Waals surface area (Å²) >= 11 is 12.1. The summed E-state index contributed by atoms with van der Waals surface area (Å²) in [6.45, 7) is 0. The zero-order chi connectivity index (χ0) is 23.7. The van der Waals surface area contributed by atoms with E-state index in [9.17, 15) is 9.18 Å². The Balaban J connectivity index is 1.41. The molecule has 0 atom stereocenters. The molecular weight excluding hydrogens is 472 g/mol. The standard InChI is InChI=1S/C27H20Cl2FN3O/c28-17-9-11-21(29)25(14-17)32-26(34)7-3-5-19-20-15-18(30)10-13-23(20)33-27(19)24-12-8-16-4-1-2-6-22(16)31-24/h1-2,4,6,8-15,33H,3,5,7H2,(H,32,34). The van der Waals surface area contributed by atoms with E-state index in [0.717, 1.165) is 38.8 Å². The number of para-hydroxylation sites is 1. The first-order valence-corrected chi connectivity index (χ1v) is 11.6. The number of benzene rings is 3. The van der Waals surface area contributed by atoms with Gasteiger partial charge < -0.3 is 10.3 Å². The second kappa shape index (κ2) is 9.45. The zero-order valence-electron chi connectivity index (χ0n) is 18.0. The first-order valence-electron chi connectivity index (χ1n) is 10.9. The number of pyridine rings is 1. The number of carbonyl (C=O) groups excluding carboxylic acids is 1. The molecule has 34 heavy (non-hydrogen) atoms. The van der Waals surface area contributed by atoms with Crippen LogP contribution in [0.4, 0.5) is 10.1 Å². The van der Waals surface area contributed by atoms with Crippen molar-refractivity contribution in [1.29, 1.82) is 0 Å². The predicted molar refractivity (Wildman–Crippen MR) is 137 cm³/mol. The molecule has 5 rings (SSSR count). The van der Waals surface area contributed by atoms with Gasteiger partial charge in [-0.1, -0.05) is 47.5 Å². The number of carbonyl (C=O) groups is 1. The van der Waals surface area contributed by atoms with E-state index in [4.69, 9.17) is 28.2 Å². The molecule has 2 aromatic heterocycles. The predicted octanol–water partition coefficient (Wildman–Crippen LogP) is 7.79. The van der Waals surface area contributed by atoms with Crippen molar-refractivity contribution in [3.63, 3.8) is 0 Å². The van der Waals surface area contributed by atoms with Gasteiger partial charge in [-0.25, -0.2) is 9.37 Å². The summed E-state index contributed by atoms with van der Waals surface area (Å²) in [4.78, 5) is 20.7. The summed E-state index contributed by atoms with van der Waals surface area (Å²) in [5.74, 6) is -0.473. The highest BCUT2D eigenvalue weighted by Crippen LogP contribution is 2.32. The van der Waals surface area contributed by atoms with Crippen LogP contribution >= 0.6 is 23.2 Å². The number of hydrogen-bond acceptors (Lipinski definition) is 2. The molecule has 170 valence electrons. The molecule has 0 aliphatic carbocycles. The number of H-pyrrole nitrogens is 1. The SMILES string of the molecule is O=C(CCCc1c(-c2ccc3ccccc3n2)[nH]c2ccc(F)cc12)Nc1cc(Cl)ccc1Cl. The van der Waals surface area contributed by atoms with E-state index >= 15 is 0 Å². The number of amides is 1. The maximum absolute atomic E-state index is 14.1. The smallest absolute Gasteiger partial charge is 0.224 e. The largest absolute Gasteiger partial charge is 0.353 e. The molecule has 0 bridgehead atoms. The van der Waals surface area contributed by atoms with Crippen LogP contribution in [0.15, 0.2) is 72.8 Å². The van der Waals surface area contributed by atoms with Crippen molar-refractivity contribution in [3.8, 4) is 11.4 Å². The van der Waals surface area contributed by atoms with E-state index < -0.39 is 0 Å². The third kappa shape index (κ3) is 4.63. The van der Waals surface area contributed by atoms with Crippen LogP contribution in [-0.2, 0) is 11.2 Å². The molecule has 0 aliphatic rings. The van der Waals surface area contributed by atoms with Crippen LogP contribution < -0.4 is 5.32 Å². The molecule has 3 aromatic carbocycles. The van der Waals surface area contributed by atoms with Crippen LogP contribution in [-0.4, -0.2) is 15.9 Å². The average molecular weight is 492 g/mol. The quantitative estimate of drug-likeness (QED) is 0.254. The van der Waals surface area contributed by atoms with Gasteiger partial charge in [-0.05, 0) is 66.9 Å². The normalized spacial score (nSPS) is 11.3. The summed E-state index contributed by atoms with van der Waals surface area (Å²) in [6, 6.07) is 21.5. The van der Waals surface area contributed by atoms with Crippen LogP contribution in [0.2, 0.25) is 10.0 Å². The third-order valence-electron chi connectivity index (χ3n) is 5.76. The first kappa shape index (κ1) is 22.4. The fourth-order valence-corrected chi connectivity index (χ4v) is 4.47. The molecule has 0 saturated carbocycles. The highest BCUT2D eigenvalue weighted by molar-refractivity contribution is 6.35. The van der Waals surface area contributed by atoms with E-state index in [1.165, 1.54) is 12.1 Å². The third-order valence-corrected chi connectivity index (χ3v) is 6.32. The number of aromatic nitrogens is 2. The number of nitrogens with one attached hydrogen (secondary N) is 2. The minimum atomic E-state index is -0.306. The number of aryl methyl sites for hydroxylation is 1. The number of aromatic amines is 1. The van der Waals surface area contributed by atoms with Crippen molar-refractivity contribution in [2.24, 2.45) is 0 Å². The van der Waals surface area contributed by atoms with Gasteiger partial charge >= 0.3 is 0 Å². The number of anilines is 1. The second-order valence-electron chi connectivity index (χ2n) is 8.08. The first-order chi connectivity index (χ1) is 16.5. The molecule has 2 N–H and O–H groups in total. The van der Waals surface area contributed by atoms with Gasteiger partial charge in [-0.2, -0.15) is 0 Å². The van der Waals surface area contributed by atoms with Crippen LogP contribution in [0.25, 0.3) is 33.2 Å². The number of fused-ring (bicyclic) bond motifs is 2. The Labute approximate surface area is 205 Å². The summed E-state index contributed by atoms with van der Waals surface area (Å²) in [7, 11) is 0. The topological polar surface area (TPSA) is 57.8 Å². The summed E-state index contributed by atoms with van der Waals surface area (Å²) in [6.07, 6.45) is 1.41. The second-order valence-corrected chi connectivity index (χ2v) is 8.93. The Morgan fingerprint density at radius 2 is 1.85 bits per heavy atom. The van der Waals surface area contributed by atoms with Crippen LogP contribution in [0.1, 0.15) is 18.4 Å². The minimum absolute atomic E-state index is 0.166. The Bertz CT molecular complexity index is 1530. The van der Waals surface area contributed by atoms with Crippen molar-refractivity contribution >= 4 is 56.6 Å². The van der Waals surface area contributed by atoms with Gasteiger partial charge in [0.05, 0.1) is 27.6 Å². The molecule has 0 saturated heterocycles. The maximum atomic E-state index is 14.1. The number of rotatable bonds is 6. The van der Waals surface area contributed by atoms with Gasteiger partial charge in [0.25, 0.3) is 0 Å². The lowest BCUT2D eigenvalue weighted by Gasteiger charge is -2.09. The molecule has 0 radical (unpaired) electrons. The number of halogens is 3. The van der Waals surface area contributed by atoms with Crippen LogP contribution in [0.5, 0.6) is 0 Å². The van der Waals surface area contributed by atoms with E-state index in [-0.39, 0.29) is 18.1 Å². The highest BCUT2D eigenvalue weighted by atomic mass is 35.5. The monoisotopic (exact) mass is 491 g/mol. The van der Waals surface area contributed by atoms with Gasteiger partial charge in [0, 0.05) is 27.7 Å². The number of nitrogens with zero attached hydrogens (tertiary/aromatic N) is 1. The van der Waals surface area contributed by atoms with E-state index in [1.54, 1.807) is 24.3 Å². The van der Waals surface area contributed by atoms with Crippen LogP contribution in [0, 0.1) is 5.82 Å². The Morgan fingerprint density at radius 1 is 1.00 bits per heavy atom. The molecular formula is C27H20Cl2FN3O. The van der Waals surface area contributed by atoms with Gasteiger partial charge in [0.15, 0.2) is 0 Å². The number of hydrogen-bond donors (Lipinski definition) is 2. The lowest BCUT2D eigenvalue weighted by Crippen LogP contribution is -2.12. The molecule has 0 fully saturated rings. The summed E-state index contributed by atoms with van der Waals surface area (Å²) in [5, 5.41) is 5.57. The van der Waals surface area contributed by atoms with Gasteiger partial charge in [-0.15, -0.1) is 0 Å². The lowest BCUT2D eigenvalue weighted by atomic mass is 10.0. The summed E-state index contributed by atoms with van der Waals surface area (Å²) in [5.41, 5.74) is 4.75. The molecule has 4 nitrogen and oxygen atoms in total. The van der Waals surface area contributed by atoms with E-state index in [2.05, 4.69) is 10.3 Å². The fraction of sp³-hybridized carbons (Fsp3) is 0.111. The Morgan fingerprint density at radius 3 is 2.74 bits per heavy atom. The van der Waals surface area contributed by atoms with E-state index in [1.807, 2.05) is 36.4 Å².